The Kier molecular flexibility index (Phi) is 5.56. The Morgan fingerprint density at radius 1 is 0.966 bits per heavy atom. The Morgan fingerprint density at radius 2 is 1.52 bits per heavy atom. The molecule has 2 aromatic carbocycles. The number of rotatable bonds is 4. The Morgan fingerprint density at radius 3 is 2.07 bits per heavy atom. The minimum absolute atomic E-state index is 0.110. The van der Waals surface area contributed by atoms with Crippen molar-refractivity contribution in [1.29, 1.82) is 0 Å². The molecule has 1 fully saturated rings. The normalized spacial score (nSPS) is 20.7. The van der Waals surface area contributed by atoms with Crippen molar-refractivity contribution in [2.45, 2.75) is 19.4 Å². The first kappa shape index (κ1) is 19.9. The number of amides is 3. The smallest absolute Gasteiger partial charge is 0.272 e. The van der Waals surface area contributed by atoms with E-state index in [-0.39, 0.29) is 18.4 Å². The van der Waals surface area contributed by atoms with Crippen LogP contribution in [0.2, 0.25) is 5.02 Å². The highest BCUT2D eigenvalue weighted by Gasteiger charge is 2.50. The van der Waals surface area contributed by atoms with Crippen molar-refractivity contribution in [3.63, 3.8) is 0 Å². The molecule has 3 amide bonds. The van der Waals surface area contributed by atoms with Crippen molar-refractivity contribution in [2.24, 2.45) is 11.8 Å². The van der Waals surface area contributed by atoms with Crippen molar-refractivity contribution in [3.05, 3.63) is 81.3 Å². The van der Waals surface area contributed by atoms with Crippen LogP contribution in [0.15, 0.2) is 65.2 Å². The molecule has 148 valence electrons. The number of hydrogen-bond donors (Lipinski definition) is 0. The Balaban J connectivity index is 1.70. The van der Waals surface area contributed by atoms with Crippen LogP contribution in [0, 0.1) is 11.8 Å². The van der Waals surface area contributed by atoms with E-state index < -0.39 is 17.7 Å². The third-order valence-electron chi connectivity index (χ3n) is 5.30. The Bertz CT molecular complexity index is 962. The van der Waals surface area contributed by atoms with E-state index >= 15 is 0 Å². The molecule has 0 saturated carbocycles. The number of imide groups is 1. The fourth-order valence-electron chi connectivity index (χ4n) is 3.76. The molecule has 0 bridgehead atoms. The first-order valence-corrected chi connectivity index (χ1v) is 10.5. The highest BCUT2D eigenvalue weighted by Crippen LogP contribution is 2.36. The van der Waals surface area contributed by atoms with Gasteiger partial charge in [0.25, 0.3) is 17.7 Å². The van der Waals surface area contributed by atoms with Crippen LogP contribution in [0.4, 0.5) is 0 Å². The average Bonchev–Trinajstić information content (AvgIpc) is 2.98. The monoisotopic (exact) mass is 472 g/mol. The SMILES string of the molecule is O=C(c1ccc(Cl)cc1)N(Cc1ccc(Br)cc1)N1C(=O)[C@H]2CC=CC[C@@H]2C1=O. The average molecular weight is 474 g/mol. The van der Waals surface area contributed by atoms with E-state index in [1.807, 2.05) is 36.4 Å². The second-order valence-corrected chi connectivity index (χ2v) is 8.49. The fraction of sp³-hybridized carbons (Fsp3) is 0.227. The van der Waals surface area contributed by atoms with E-state index in [1.54, 1.807) is 24.3 Å². The molecule has 5 nitrogen and oxygen atoms in total. The molecule has 2 aromatic rings. The lowest BCUT2D eigenvalue weighted by molar-refractivity contribution is -0.155. The molecular formula is C22H18BrClN2O3. The summed E-state index contributed by atoms with van der Waals surface area (Å²) in [5, 5.41) is 2.82. The van der Waals surface area contributed by atoms with Gasteiger partial charge in [0.1, 0.15) is 0 Å². The number of carbonyl (C=O) groups is 3. The van der Waals surface area contributed by atoms with E-state index in [0.29, 0.717) is 23.4 Å². The molecule has 0 radical (unpaired) electrons. The minimum atomic E-state index is -0.419. The van der Waals surface area contributed by atoms with Crippen LogP contribution in [-0.4, -0.2) is 27.7 Å². The quantitative estimate of drug-likeness (QED) is 0.481. The standard InChI is InChI=1S/C22H18BrClN2O3/c23-16-9-5-14(6-10-16)13-25(20(27)15-7-11-17(24)12-8-15)26-21(28)18-3-1-2-4-19(18)22(26)29/h1-2,5-12,18-19H,3-4,13H2/t18-,19-/m0/s1. The number of allylic oxidation sites excluding steroid dienone is 2. The molecule has 1 saturated heterocycles. The summed E-state index contributed by atoms with van der Waals surface area (Å²) in [4.78, 5) is 39.5. The van der Waals surface area contributed by atoms with Crippen LogP contribution >= 0.6 is 27.5 Å². The van der Waals surface area contributed by atoms with Gasteiger partial charge in [-0.25, -0.2) is 5.01 Å². The van der Waals surface area contributed by atoms with Gasteiger partial charge in [-0.2, -0.15) is 5.01 Å². The first-order valence-electron chi connectivity index (χ1n) is 9.30. The number of carbonyl (C=O) groups excluding carboxylic acids is 3. The summed E-state index contributed by atoms with van der Waals surface area (Å²) in [6.45, 7) is 0.110. The number of benzene rings is 2. The van der Waals surface area contributed by atoms with Crippen LogP contribution in [0.5, 0.6) is 0 Å². The topological polar surface area (TPSA) is 57.7 Å². The number of fused-ring (bicyclic) bond motifs is 1. The lowest BCUT2D eigenvalue weighted by Gasteiger charge is -2.30. The molecule has 0 unspecified atom stereocenters. The van der Waals surface area contributed by atoms with Crippen molar-refractivity contribution in [1.82, 2.24) is 10.0 Å². The Hall–Kier alpha value is -2.44. The van der Waals surface area contributed by atoms with Gasteiger partial charge in [-0.05, 0) is 54.8 Å². The predicted molar refractivity (Wildman–Crippen MR) is 113 cm³/mol. The van der Waals surface area contributed by atoms with Crippen molar-refractivity contribution >= 4 is 45.3 Å². The van der Waals surface area contributed by atoms with E-state index in [0.717, 1.165) is 15.0 Å². The lowest BCUT2D eigenvalue weighted by Crippen LogP contribution is -2.49. The summed E-state index contributed by atoms with van der Waals surface area (Å²) < 4.78 is 0.905. The summed E-state index contributed by atoms with van der Waals surface area (Å²) >= 11 is 9.33. The van der Waals surface area contributed by atoms with Crippen LogP contribution in [0.1, 0.15) is 28.8 Å². The van der Waals surface area contributed by atoms with Crippen molar-refractivity contribution in [2.75, 3.05) is 0 Å². The molecule has 0 aromatic heterocycles. The van der Waals surface area contributed by atoms with E-state index in [4.69, 9.17) is 11.6 Å². The predicted octanol–water partition coefficient (Wildman–Crippen LogP) is 4.61. The van der Waals surface area contributed by atoms with Gasteiger partial charge in [0, 0.05) is 15.1 Å². The van der Waals surface area contributed by atoms with E-state index in [2.05, 4.69) is 15.9 Å². The summed E-state index contributed by atoms with van der Waals surface area (Å²) in [6.07, 6.45) is 4.89. The lowest BCUT2D eigenvalue weighted by atomic mass is 9.85. The van der Waals surface area contributed by atoms with Crippen LogP contribution in [-0.2, 0) is 16.1 Å². The van der Waals surface area contributed by atoms with Gasteiger partial charge >= 0.3 is 0 Å². The molecule has 1 aliphatic heterocycles. The first-order chi connectivity index (χ1) is 14.0. The maximum absolute atomic E-state index is 13.3. The molecule has 2 aliphatic rings. The summed E-state index contributed by atoms with van der Waals surface area (Å²) in [5.41, 5.74) is 1.17. The Labute approximate surface area is 182 Å². The highest BCUT2D eigenvalue weighted by atomic mass is 79.9. The summed E-state index contributed by atoms with van der Waals surface area (Å²) in [5.74, 6) is -1.86. The van der Waals surface area contributed by atoms with E-state index in [1.165, 1.54) is 5.01 Å². The zero-order valence-electron chi connectivity index (χ0n) is 15.4. The summed E-state index contributed by atoms with van der Waals surface area (Å²) in [6, 6.07) is 13.8. The fourth-order valence-corrected chi connectivity index (χ4v) is 4.15. The summed E-state index contributed by atoms with van der Waals surface area (Å²) in [7, 11) is 0. The van der Waals surface area contributed by atoms with Gasteiger partial charge in [0.05, 0.1) is 18.4 Å². The molecule has 0 spiro atoms. The van der Waals surface area contributed by atoms with Gasteiger partial charge < -0.3 is 0 Å². The van der Waals surface area contributed by atoms with E-state index in [9.17, 15) is 14.4 Å². The van der Waals surface area contributed by atoms with Gasteiger partial charge in [-0.15, -0.1) is 0 Å². The van der Waals surface area contributed by atoms with Crippen LogP contribution in [0.3, 0.4) is 0 Å². The highest BCUT2D eigenvalue weighted by molar-refractivity contribution is 9.10. The number of nitrogens with zero attached hydrogens (tertiary/aromatic N) is 2. The number of hydrogen-bond acceptors (Lipinski definition) is 3. The molecule has 1 aliphatic carbocycles. The molecular weight excluding hydrogens is 456 g/mol. The molecule has 4 rings (SSSR count). The van der Waals surface area contributed by atoms with Gasteiger partial charge in [-0.1, -0.05) is 51.8 Å². The molecule has 29 heavy (non-hydrogen) atoms. The van der Waals surface area contributed by atoms with Gasteiger partial charge in [-0.3, -0.25) is 14.4 Å². The molecule has 1 heterocycles. The number of hydrazine groups is 1. The zero-order valence-corrected chi connectivity index (χ0v) is 17.8. The minimum Gasteiger partial charge on any atom is -0.272 e. The third-order valence-corrected chi connectivity index (χ3v) is 6.08. The maximum Gasteiger partial charge on any atom is 0.273 e. The van der Waals surface area contributed by atoms with Gasteiger partial charge in [0.2, 0.25) is 0 Å². The maximum atomic E-state index is 13.3. The zero-order chi connectivity index (χ0) is 20.5. The third kappa shape index (κ3) is 3.87. The second kappa shape index (κ2) is 8.13. The molecule has 0 N–H and O–H groups in total. The second-order valence-electron chi connectivity index (χ2n) is 7.14. The van der Waals surface area contributed by atoms with Crippen molar-refractivity contribution in [3.8, 4) is 0 Å². The largest absolute Gasteiger partial charge is 0.273 e. The van der Waals surface area contributed by atoms with Crippen LogP contribution < -0.4 is 0 Å². The molecule has 2 atom stereocenters. The van der Waals surface area contributed by atoms with Gasteiger partial charge in [0.15, 0.2) is 0 Å². The van der Waals surface area contributed by atoms with Crippen LogP contribution in [0.25, 0.3) is 0 Å². The number of halogens is 2. The van der Waals surface area contributed by atoms with Crippen molar-refractivity contribution < 1.29 is 14.4 Å². The molecule has 7 heteroatoms.